The molecular formula is C16H22O3. The van der Waals surface area contributed by atoms with E-state index in [1.54, 1.807) is 6.08 Å². The largest absolute Gasteiger partial charge is 0.392 e. The van der Waals surface area contributed by atoms with Gasteiger partial charge < -0.3 is 10.2 Å². The lowest BCUT2D eigenvalue weighted by Gasteiger charge is -2.55. The molecule has 0 radical (unpaired) electrons. The number of ketones is 1. The first-order valence-corrected chi connectivity index (χ1v) is 7.07. The van der Waals surface area contributed by atoms with Crippen molar-refractivity contribution in [2.24, 2.45) is 16.7 Å². The highest BCUT2D eigenvalue weighted by Crippen LogP contribution is 2.61. The van der Waals surface area contributed by atoms with Gasteiger partial charge in [0, 0.05) is 11.8 Å². The molecule has 3 aliphatic carbocycles. The first-order valence-electron chi connectivity index (χ1n) is 7.07. The molecule has 0 spiro atoms. The fourth-order valence-electron chi connectivity index (χ4n) is 4.48. The smallest absolute Gasteiger partial charge is 0.156 e. The topological polar surface area (TPSA) is 57.5 Å². The lowest BCUT2D eigenvalue weighted by Crippen LogP contribution is -2.52. The zero-order chi connectivity index (χ0) is 14.0. The Kier molecular flexibility index (Phi) is 2.61. The number of aliphatic hydroxyl groups excluding tert-OH is 2. The number of hydrogen-bond donors (Lipinski definition) is 2. The van der Waals surface area contributed by atoms with Gasteiger partial charge in [-0.1, -0.05) is 31.1 Å². The van der Waals surface area contributed by atoms with E-state index in [0.717, 1.165) is 11.1 Å². The Morgan fingerprint density at radius 3 is 2.68 bits per heavy atom. The van der Waals surface area contributed by atoms with Crippen LogP contribution in [-0.4, -0.2) is 28.2 Å². The second-order valence-corrected chi connectivity index (χ2v) is 7.01. The van der Waals surface area contributed by atoms with E-state index >= 15 is 0 Å². The Balaban J connectivity index is 2.14. The van der Waals surface area contributed by atoms with Gasteiger partial charge in [0.15, 0.2) is 5.78 Å². The molecule has 3 aliphatic rings. The van der Waals surface area contributed by atoms with E-state index in [2.05, 4.69) is 13.8 Å². The molecule has 0 bridgehead atoms. The summed E-state index contributed by atoms with van der Waals surface area (Å²) in [4.78, 5) is 11.8. The molecule has 1 fully saturated rings. The minimum absolute atomic E-state index is 0.0766. The van der Waals surface area contributed by atoms with Crippen molar-refractivity contribution >= 4 is 5.78 Å². The van der Waals surface area contributed by atoms with Gasteiger partial charge in [-0.3, -0.25) is 4.79 Å². The molecule has 104 valence electrons. The van der Waals surface area contributed by atoms with Crippen molar-refractivity contribution < 1.29 is 15.0 Å². The first kappa shape index (κ1) is 13.1. The fraction of sp³-hybridized carbons (Fsp3) is 0.688. The quantitative estimate of drug-likeness (QED) is 0.656. The van der Waals surface area contributed by atoms with Crippen LogP contribution in [0.3, 0.4) is 0 Å². The van der Waals surface area contributed by atoms with Crippen molar-refractivity contribution in [3.8, 4) is 0 Å². The van der Waals surface area contributed by atoms with Gasteiger partial charge in [-0.15, -0.1) is 0 Å². The molecule has 0 aromatic carbocycles. The molecule has 0 unspecified atom stereocenters. The third-order valence-electron chi connectivity index (χ3n) is 5.78. The van der Waals surface area contributed by atoms with Crippen LogP contribution in [-0.2, 0) is 4.79 Å². The van der Waals surface area contributed by atoms with Crippen molar-refractivity contribution in [3.05, 3.63) is 23.3 Å². The van der Waals surface area contributed by atoms with Crippen LogP contribution in [0.15, 0.2) is 23.3 Å². The van der Waals surface area contributed by atoms with Gasteiger partial charge >= 0.3 is 0 Å². The fourth-order valence-corrected chi connectivity index (χ4v) is 4.48. The second-order valence-electron chi connectivity index (χ2n) is 7.01. The molecule has 0 heterocycles. The molecule has 0 saturated heterocycles. The second kappa shape index (κ2) is 3.80. The molecule has 3 nitrogen and oxygen atoms in total. The zero-order valence-electron chi connectivity index (χ0n) is 11.8. The normalized spacial score (nSPS) is 49.3. The highest BCUT2D eigenvalue weighted by Gasteiger charge is 2.57. The Morgan fingerprint density at radius 2 is 2.00 bits per heavy atom. The van der Waals surface area contributed by atoms with Crippen LogP contribution in [0.1, 0.15) is 40.0 Å². The third kappa shape index (κ3) is 1.61. The Morgan fingerprint density at radius 1 is 1.32 bits per heavy atom. The van der Waals surface area contributed by atoms with Crippen LogP contribution in [0, 0.1) is 16.7 Å². The predicted octanol–water partition coefficient (Wildman–Crippen LogP) is 1.99. The van der Waals surface area contributed by atoms with Gasteiger partial charge in [0.05, 0.1) is 12.2 Å². The standard InChI is InChI=1S/C16H22O3/c1-9-4-10(17)5-13-12-6-11(18)7-15(12,2)8-14(19)16(9,13)3/h4,6,10,13-14,17,19H,5,7-8H2,1-3H3/t10-,13+,14+,15+,16-/m0/s1. The summed E-state index contributed by atoms with van der Waals surface area (Å²) < 4.78 is 0. The monoisotopic (exact) mass is 262 g/mol. The lowest BCUT2D eigenvalue weighted by molar-refractivity contribution is -0.116. The molecule has 0 aliphatic heterocycles. The van der Waals surface area contributed by atoms with Crippen LogP contribution in [0.2, 0.25) is 0 Å². The summed E-state index contributed by atoms with van der Waals surface area (Å²) in [5, 5.41) is 20.7. The van der Waals surface area contributed by atoms with Crippen molar-refractivity contribution in [3.63, 3.8) is 0 Å². The Labute approximate surface area is 114 Å². The van der Waals surface area contributed by atoms with Gasteiger partial charge in [0.1, 0.15) is 0 Å². The predicted molar refractivity (Wildman–Crippen MR) is 72.4 cm³/mol. The number of carbonyl (C=O) groups excluding carboxylic acids is 1. The molecule has 5 atom stereocenters. The summed E-state index contributed by atoms with van der Waals surface area (Å²) in [6, 6.07) is 0. The number of hydrogen-bond acceptors (Lipinski definition) is 3. The van der Waals surface area contributed by atoms with E-state index in [4.69, 9.17) is 0 Å². The van der Waals surface area contributed by atoms with Crippen molar-refractivity contribution in [1.29, 1.82) is 0 Å². The highest BCUT2D eigenvalue weighted by atomic mass is 16.3. The van der Waals surface area contributed by atoms with Crippen molar-refractivity contribution in [2.75, 3.05) is 0 Å². The zero-order valence-corrected chi connectivity index (χ0v) is 11.8. The van der Waals surface area contributed by atoms with Crippen LogP contribution in [0.4, 0.5) is 0 Å². The van der Waals surface area contributed by atoms with Gasteiger partial charge in [-0.2, -0.15) is 0 Å². The maximum Gasteiger partial charge on any atom is 0.156 e. The maximum absolute atomic E-state index is 11.8. The van der Waals surface area contributed by atoms with Crippen molar-refractivity contribution in [1.82, 2.24) is 0 Å². The number of rotatable bonds is 0. The average molecular weight is 262 g/mol. The SMILES string of the molecule is CC1=C[C@H](O)C[C@@H]2C3=CC(=O)C[C@]3(C)C[C@@H](O)[C@@]12C. The van der Waals surface area contributed by atoms with Crippen molar-refractivity contribution in [2.45, 2.75) is 52.2 Å². The molecule has 3 heteroatoms. The van der Waals surface area contributed by atoms with Crippen LogP contribution >= 0.6 is 0 Å². The first-order chi connectivity index (χ1) is 8.77. The Hall–Kier alpha value is -0.930. The molecule has 0 aromatic rings. The van der Waals surface area contributed by atoms with Gasteiger partial charge in [0.2, 0.25) is 0 Å². The minimum Gasteiger partial charge on any atom is -0.392 e. The van der Waals surface area contributed by atoms with Gasteiger partial charge in [-0.05, 0) is 37.2 Å². The molecule has 0 amide bonds. The maximum atomic E-state index is 11.8. The number of aliphatic hydroxyl groups is 2. The lowest BCUT2D eigenvalue weighted by atomic mass is 9.51. The number of fused-ring (bicyclic) bond motifs is 3. The Bertz CT molecular complexity index is 504. The summed E-state index contributed by atoms with van der Waals surface area (Å²) in [6.45, 7) is 6.13. The summed E-state index contributed by atoms with van der Waals surface area (Å²) in [6.07, 6.45) is 4.47. The molecule has 3 rings (SSSR count). The van der Waals surface area contributed by atoms with E-state index < -0.39 is 12.2 Å². The molecule has 19 heavy (non-hydrogen) atoms. The van der Waals surface area contributed by atoms with E-state index in [9.17, 15) is 15.0 Å². The summed E-state index contributed by atoms with van der Waals surface area (Å²) in [5.74, 6) is 0.239. The van der Waals surface area contributed by atoms with Gasteiger partial charge in [0.25, 0.3) is 0 Å². The minimum atomic E-state index is -0.468. The molecule has 1 saturated carbocycles. The molecular weight excluding hydrogens is 240 g/mol. The van der Waals surface area contributed by atoms with E-state index in [1.165, 1.54) is 0 Å². The van der Waals surface area contributed by atoms with Crippen LogP contribution in [0.5, 0.6) is 0 Å². The van der Waals surface area contributed by atoms with E-state index in [-0.39, 0.29) is 22.5 Å². The summed E-state index contributed by atoms with van der Waals surface area (Å²) in [7, 11) is 0. The summed E-state index contributed by atoms with van der Waals surface area (Å²) >= 11 is 0. The number of allylic oxidation sites excluding steroid dienone is 2. The van der Waals surface area contributed by atoms with Crippen LogP contribution in [0.25, 0.3) is 0 Å². The van der Waals surface area contributed by atoms with E-state index in [0.29, 0.717) is 19.3 Å². The average Bonchev–Trinajstić information content (AvgIpc) is 2.57. The van der Waals surface area contributed by atoms with Gasteiger partial charge in [-0.25, -0.2) is 0 Å². The summed E-state index contributed by atoms with van der Waals surface area (Å²) in [5.41, 5.74) is 1.65. The molecule has 0 aromatic heterocycles. The third-order valence-corrected chi connectivity index (χ3v) is 5.78. The highest BCUT2D eigenvalue weighted by molar-refractivity contribution is 5.94. The van der Waals surface area contributed by atoms with E-state index in [1.807, 2.05) is 13.0 Å². The van der Waals surface area contributed by atoms with Crippen LogP contribution < -0.4 is 0 Å². The number of carbonyl (C=O) groups is 1. The molecule has 2 N–H and O–H groups in total.